The highest BCUT2D eigenvalue weighted by Crippen LogP contribution is 2.46. The number of urea groups is 1. The first kappa shape index (κ1) is 26.8. The predicted octanol–water partition coefficient (Wildman–Crippen LogP) is 3.46. The molecule has 1 aromatic heterocycles. The number of aryl methyl sites for hydroxylation is 1. The molecule has 0 bridgehead atoms. The number of H-pyrrole nitrogens is 1. The van der Waals surface area contributed by atoms with Crippen molar-refractivity contribution in [1.82, 2.24) is 20.5 Å². The molecule has 3 heterocycles. The molecule has 1 spiro atoms. The zero-order chi connectivity index (χ0) is 27.7. The highest BCUT2D eigenvalue weighted by molar-refractivity contribution is 5.90. The summed E-state index contributed by atoms with van der Waals surface area (Å²) in [6, 6.07) is 16.0. The van der Waals surface area contributed by atoms with Crippen molar-refractivity contribution in [1.29, 1.82) is 0 Å². The minimum Gasteiger partial charge on any atom is -0.427 e. The molecule has 6 rings (SSSR count). The number of piperidine rings is 1. The number of aliphatic hydroxyl groups is 2. The van der Waals surface area contributed by atoms with Gasteiger partial charge in [0.1, 0.15) is 6.04 Å². The lowest BCUT2D eigenvalue weighted by molar-refractivity contribution is -0.129. The summed E-state index contributed by atoms with van der Waals surface area (Å²) in [6.45, 7) is 4.41. The molecule has 4 atom stereocenters. The first-order chi connectivity index (χ1) is 19.5. The Morgan fingerprint density at radius 1 is 1.07 bits per heavy atom. The highest BCUT2D eigenvalue weighted by Gasteiger charge is 2.42. The van der Waals surface area contributed by atoms with Gasteiger partial charge in [-0.05, 0) is 53.9 Å². The summed E-state index contributed by atoms with van der Waals surface area (Å²) in [4.78, 5) is 32.5. The number of ether oxygens (including phenoxy) is 1. The molecule has 3 amide bonds. The fraction of sp³-hybridized carbons (Fsp3) is 0.500. The van der Waals surface area contributed by atoms with Crippen molar-refractivity contribution in [2.75, 3.05) is 26.2 Å². The van der Waals surface area contributed by atoms with E-state index in [9.17, 15) is 9.59 Å². The topological polar surface area (TPSA) is 116 Å². The van der Waals surface area contributed by atoms with Gasteiger partial charge in [-0.15, -0.1) is 0 Å². The number of hydrogen-bond acceptors (Lipinski definition) is 3. The van der Waals surface area contributed by atoms with Gasteiger partial charge < -0.3 is 31.0 Å². The zero-order valence-corrected chi connectivity index (χ0v) is 23.4. The highest BCUT2D eigenvalue weighted by atomic mass is 16.5. The van der Waals surface area contributed by atoms with E-state index in [1.165, 1.54) is 11.1 Å². The molecule has 8 heteroatoms. The lowest BCUT2D eigenvalue weighted by Crippen LogP contribution is -2.56. The molecule has 3 aliphatic rings. The molecule has 2 aromatic carbocycles. The van der Waals surface area contributed by atoms with E-state index in [2.05, 4.69) is 45.9 Å². The van der Waals surface area contributed by atoms with Gasteiger partial charge in [0.05, 0.1) is 13.1 Å². The average Bonchev–Trinajstić information content (AvgIpc) is 3.72. The molecule has 212 valence electrons. The smallest absolute Gasteiger partial charge is 0.318 e. The van der Waals surface area contributed by atoms with E-state index in [4.69, 9.17) is 10.5 Å². The lowest BCUT2D eigenvalue weighted by Gasteiger charge is -2.40. The molecule has 0 saturated carbocycles. The number of nitrogens with zero attached hydrogens (tertiary/aromatic N) is 1. The number of carbonyl (C=O) groups excluding carboxylic acids is 2. The van der Waals surface area contributed by atoms with Crippen LogP contribution in [0.2, 0.25) is 0 Å². The molecule has 40 heavy (non-hydrogen) atoms. The third kappa shape index (κ3) is 5.10. The van der Waals surface area contributed by atoms with Crippen LogP contribution in [0.15, 0.2) is 54.7 Å². The van der Waals surface area contributed by atoms with Crippen molar-refractivity contribution >= 4 is 22.8 Å². The molecule has 2 unspecified atom stereocenters. The summed E-state index contributed by atoms with van der Waals surface area (Å²) < 4.78 is 4.72. The minimum atomic E-state index is -0.707. The van der Waals surface area contributed by atoms with Crippen LogP contribution in [-0.2, 0) is 16.6 Å². The summed E-state index contributed by atoms with van der Waals surface area (Å²) in [5.41, 5.74) is 10.9. The number of aromatic amines is 1. The summed E-state index contributed by atoms with van der Waals surface area (Å²) >= 11 is 0. The second kappa shape index (κ2) is 11.3. The first-order valence-corrected chi connectivity index (χ1v) is 14.8. The van der Waals surface area contributed by atoms with Crippen LogP contribution >= 0.6 is 0 Å². The Bertz CT molecular complexity index is 1360. The van der Waals surface area contributed by atoms with Crippen LogP contribution in [0.1, 0.15) is 61.6 Å². The van der Waals surface area contributed by atoms with Crippen molar-refractivity contribution in [3.63, 3.8) is 0 Å². The fourth-order valence-electron chi connectivity index (χ4n) is 7.21. The van der Waals surface area contributed by atoms with E-state index in [1.807, 2.05) is 36.2 Å². The second-order valence-corrected chi connectivity index (χ2v) is 11.9. The van der Waals surface area contributed by atoms with Gasteiger partial charge in [0, 0.05) is 48.9 Å². The maximum atomic E-state index is 13.7. The largest absolute Gasteiger partial charge is 0.427 e. The normalized spacial score (nSPS) is 23.2. The van der Waals surface area contributed by atoms with Gasteiger partial charge in [-0.3, -0.25) is 4.79 Å². The lowest BCUT2D eigenvalue weighted by atomic mass is 9.74. The summed E-state index contributed by atoms with van der Waals surface area (Å²) in [6.07, 6.45) is 8.28. The quantitative estimate of drug-likeness (QED) is 0.341. The third-order valence-electron chi connectivity index (χ3n) is 9.68. The Balaban J connectivity index is 1.16. The number of fused-ring (bicyclic) bond motifs is 3. The Morgan fingerprint density at radius 3 is 2.62 bits per heavy atom. The summed E-state index contributed by atoms with van der Waals surface area (Å²) in [5.74, 6) is -0.397. The van der Waals surface area contributed by atoms with Crippen LogP contribution in [0.5, 0.6) is 0 Å². The predicted molar refractivity (Wildman–Crippen MR) is 157 cm³/mol. The van der Waals surface area contributed by atoms with Gasteiger partial charge in [-0.25, -0.2) is 4.79 Å². The number of hydrogen-bond donors (Lipinski definition) is 4. The van der Waals surface area contributed by atoms with Gasteiger partial charge in [-0.2, -0.15) is 0 Å². The number of nitrogens with one attached hydrogen (secondary N) is 3. The molecular formula is C32H42N5O3+. The summed E-state index contributed by atoms with van der Waals surface area (Å²) in [7, 11) is 0. The molecular weight excluding hydrogens is 502 g/mol. The number of carbonyl (C=O) groups is 2. The number of nitrogens with two attached hydrogens (primary N) is 1. The third-order valence-corrected chi connectivity index (χ3v) is 9.68. The molecule has 6 N–H and O–H groups in total. The monoisotopic (exact) mass is 544 g/mol. The van der Waals surface area contributed by atoms with E-state index in [-0.39, 0.29) is 35.5 Å². The van der Waals surface area contributed by atoms with E-state index in [1.54, 1.807) is 0 Å². The maximum absolute atomic E-state index is 13.7. The van der Waals surface area contributed by atoms with Crippen molar-refractivity contribution in [2.24, 2.45) is 5.73 Å². The Labute approximate surface area is 236 Å². The van der Waals surface area contributed by atoms with E-state index in [0.717, 1.165) is 55.0 Å². The van der Waals surface area contributed by atoms with Crippen LogP contribution in [-0.4, -0.2) is 71.0 Å². The molecule has 1 aliphatic carbocycles. The number of para-hydroxylation sites is 1. The summed E-state index contributed by atoms with van der Waals surface area (Å²) in [5, 5.41) is 7.31. The fourth-order valence-corrected chi connectivity index (χ4v) is 7.21. The van der Waals surface area contributed by atoms with Gasteiger partial charge >= 0.3 is 6.03 Å². The minimum absolute atomic E-state index is 0.0739. The first-order valence-electron chi connectivity index (χ1n) is 14.8. The second-order valence-electron chi connectivity index (χ2n) is 11.9. The number of likely N-dealkylation sites (tertiary alicyclic amines) is 1. The average molecular weight is 545 g/mol. The van der Waals surface area contributed by atoms with Gasteiger partial charge in [-0.1, -0.05) is 49.4 Å². The van der Waals surface area contributed by atoms with Crippen LogP contribution in [0.25, 0.3) is 10.9 Å². The van der Waals surface area contributed by atoms with E-state index >= 15 is 0 Å². The van der Waals surface area contributed by atoms with Crippen molar-refractivity contribution < 1.29 is 14.3 Å². The SMILES string of the molecule is C[C@@H](c1c[nH]c2ccccc12)[C@@H](NC(=O)N1CCC2(CCc3ccccc32)CC1)C(=O)NCC1CCC(CN)[OH+]1. The Hall–Kier alpha value is -3.36. The Kier molecular flexibility index (Phi) is 7.55. The van der Waals surface area contributed by atoms with Crippen LogP contribution in [0.4, 0.5) is 4.79 Å². The molecule has 3 aromatic rings. The van der Waals surface area contributed by atoms with Gasteiger partial charge in [0.2, 0.25) is 5.91 Å². The van der Waals surface area contributed by atoms with Crippen molar-refractivity contribution in [3.8, 4) is 0 Å². The molecule has 2 saturated heterocycles. The van der Waals surface area contributed by atoms with Crippen LogP contribution in [0, 0.1) is 0 Å². The van der Waals surface area contributed by atoms with Gasteiger partial charge in [0.15, 0.2) is 12.2 Å². The number of aromatic nitrogens is 1. The van der Waals surface area contributed by atoms with E-state index < -0.39 is 6.04 Å². The van der Waals surface area contributed by atoms with Crippen molar-refractivity contribution in [3.05, 3.63) is 71.4 Å². The Morgan fingerprint density at radius 2 is 1.82 bits per heavy atom. The number of amides is 3. The maximum Gasteiger partial charge on any atom is 0.318 e. The number of rotatable bonds is 7. The van der Waals surface area contributed by atoms with Crippen LogP contribution in [0.3, 0.4) is 0 Å². The molecule has 2 aliphatic heterocycles. The number of benzene rings is 2. The molecule has 0 radical (unpaired) electrons. The zero-order valence-electron chi connectivity index (χ0n) is 23.4. The van der Waals surface area contributed by atoms with Crippen molar-refractivity contribution in [2.45, 2.75) is 75.0 Å². The standard InChI is InChI=1S/C32H41N5O3/c1-21(26-20-34-28-9-5-3-7-25(26)28)29(30(38)35-19-24-11-10-23(18-33)40-24)36-31(39)37-16-14-32(15-17-37)13-12-22-6-2-4-8-27(22)32/h2-9,20-21,23-24,29,34H,10-19,33H2,1H3,(H,35,38)(H,36,39)/p+1/t21-,23?,24?,29+/m0/s1. The van der Waals surface area contributed by atoms with Crippen LogP contribution < -0.4 is 16.4 Å². The van der Waals surface area contributed by atoms with E-state index in [0.29, 0.717) is 26.2 Å². The van der Waals surface area contributed by atoms with Gasteiger partial charge in [0.25, 0.3) is 0 Å². The molecule has 8 nitrogen and oxygen atoms in total. The molecule has 2 fully saturated rings.